The molecule has 3 aromatic rings. The molecule has 0 atom stereocenters. The molecule has 2 aromatic carbocycles. The smallest absolute Gasteiger partial charge is 0.228 e. The van der Waals surface area contributed by atoms with Gasteiger partial charge in [-0.15, -0.1) is 0 Å². The Morgan fingerprint density at radius 1 is 1.10 bits per heavy atom. The molecule has 0 fully saturated rings. The second kappa shape index (κ2) is 4.81. The van der Waals surface area contributed by atoms with Gasteiger partial charge in [0.15, 0.2) is 5.76 Å². The summed E-state index contributed by atoms with van der Waals surface area (Å²) < 4.78 is 23.5. The molecule has 100 valence electrons. The van der Waals surface area contributed by atoms with E-state index in [-0.39, 0.29) is 17.4 Å². The van der Waals surface area contributed by atoms with Crippen LogP contribution in [0.25, 0.3) is 11.0 Å². The van der Waals surface area contributed by atoms with Gasteiger partial charge in [-0.25, -0.2) is 4.39 Å². The molecule has 1 aromatic heterocycles. The zero-order chi connectivity index (χ0) is 14.1. The molecule has 0 unspecified atom stereocenters. The summed E-state index contributed by atoms with van der Waals surface area (Å²) in [5.74, 6) is 0.259. The van der Waals surface area contributed by atoms with Crippen LogP contribution in [0.2, 0.25) is 0 Å². The van der Waals surface area contributed by atoms with E-state index in [0.717, 1.165) is 5.39 Å². The summed E-state index contributed by atoms with van der Waals surface area (Å²) in [6.45, 7) is 0. The van der Waals surface area contributed by atoms with Gasteiger partial charge in [-0.3, -0.25) is 4.79 Å². The number of ketones is 1. The molecule has 0 aliphatic carbocycles. The lowest BCUT2D eigenvalue weighted by Gasteiger charge is -1.97. The van der Waals surface area contributed by atoms with Crippen molar-refractivity contribution in [1.29, 1.82) is 0 Å². The van der Waals surface area contributed by atoms with E-state index in [4.69, 9.17) is 9.15 Å². The predicted molar refractivity (Wildman–Crippen MR) is 72.6 cm³/mol. The van der Waals surface area contributed by atoms with Crippen molar-refractivity contribution >= 4 is 16.8 Å². The van der Waals surface area contributed by atoms with Gasteiger partial charge in [-0.1, -0.05) is 0 Å². The Morgan fingerprint density at radius 2 is 1.85 bits per heavy atom. The van der Waals surface area contributed by atoms with Gasteiger partial charge in [0.25, 0.3) is 0 Å². The number of rotatable bonds is 3. The summed E-state index contributed by atoms with van der Waals surface area (Å²) in [6, 6.07) is 12.3. The topological polar surface area (TPSA) is 39.4 Å². The molecule has 0 radical (unpaired) electrons. The zero-order valence-electron chi connectivity index (χ0n) is 10.7. The van der Waals surface area contributed by atoms with E-state index >= 15 is 0 Å². The number of hydrogen-bond acceptors (Lipinski definition) is 3. The van der Waals surface area contributed by atoms with Crippen LogP contribution >= 0.6 is 0 Å². The second-order valence-corrected chi connectivity index (χ2v) is 4.35. The molecule has 3 rings (SSSR count). The van der Waals surface area contributed by atoms with Crippen molar-refractivity contribution in [2.75, 3.05) is 7.11 Å². The quantitative estimate of drug-likeness (QED) is 0.679. The molecule has 0 aliphatic rings. The molecule has 0 saturated heterocycles. The Morgan fingerprint density at radius 3 is 2.55 bits per heavy atom. The standard InChI is InChI=1S/C16H11FO3/c1-19-13-6-7-14-11(8-13)9-15(20-14)16(18)10-2-4-12(17)5-3-10/h2-9H,1H3. The number of benzene rings is 2. The largest absolute Gasteiger partial charge is 0.497 e. The summed E-state index contributed by atoms with van der Waals surface area (Å²) in [5, 5.41) is 0.787. The molecule has 0 saturated carbocycles. The fourth-order valence-corrected chi connectivity index (χ4v) is 2.00. The van der Waals surface area contributed by atoms with E-state index in [1.165, 1.54) is 24.3 Å². The maximum Gasteiger partial charge on any atom is 0.228 e. The first kappa shape index (κ1) is 12.4. The van der Waals surface area contributed by atoms with Crippen molar-refractivity contribution < 1.29 is 18.3 Å². The van der Waals surface area contributed by atoms with Crippen molar-refractivity contribution in [3.63, 3.8) is 0 Å². The van der Waals surface area contributed by atoms with Crippen LogP contribution in [0.3, 0.4) is 0 Å². The number of ether oxygens (including phenoxy) is 1. The van der Waals surface area contributed by atoms with Gasteiger partial charge in [0.1, 0.15) is 17.1 Å². The lowest BCUT2D eigenvalue weighted by Crippen LogP contribution is -1.99. The fraction of sp³-hybridized carbons (Fsp3) is 0.0625. The third-order valence-corrected chi connectivity index (χ3v) is 3.05. The van der Waals surface area contributed by atoms with Gasteiger partial charge in [-0.2, -0.15) is 0 Å². The Hall–Kier alpha value is -2.62. The van der Waals surface area contributed by atoms with Crippen LogP contribution in [-0.4, -0.2) is 12.9 Å². The van der Waals surface area contributed by atoms with Crippen molar-refractivity contribution in [2.24, 2.45) is 0 Å². The average Bonchev–Trinajstić information content (AvgIpc) is 2.90. The number of carbonyl (C=O) groups excluding carboxylic acids is 1. The van der Waals surface area contributed by atoms with Crippen LogP contribution in [0.5, 0.6) is 5.75 Å². The Bertz CT molecular complexity index is 772. The molecule has 1 heterocycles. The van der Waals surface area contributed by atoms with Gasteiger partial charge in [0.2, 0.25) is 5.78 Å². The van der Waals surface area contributed by atoms with Crippen LogP contribution in [0.4, 0.5) is 4.39 Å². The van der Waals surface area contributed by atoms with Gasteiger partial charge in [-0.05, 0) is 48.5 Å². The molecule has 0 bridgehead atoms. The maximum atomic E-state index is 12.9. The minimum atomic E-state index is -0.379. The summed E-state index contributed by atoms with van der Waals surface area (Å²) in [4.78, 5) is 12.2. The molecule has 0 spiro atoms. The van der Waals surface area contributed by atoms with Crippen molar-refractivity contribution in [1.82, 2.24) is 0 Å². The van der Waals surface area contributed by atoms with Gasteiger partial charge >= 0.3 is 0 Å². The fourth-order valence-electron chi connectivity index (χ4n) is 2.00. The SMILES string of the molecule is COc1ccc2oc(C(=O)c3ccc(F)cc3)cc2c1. The first-order valence-electron chi connectivity index (χ1n) is 6.05. The number of hydrogen-bond donors (Lipinski definition) is 0. The molecule has 0 N–H and O–H groups in total. The first-order valence-corrected chi connectivity index (χ1v) is 6.05. The molecular weight excluding hydrogens is 259 g/mol. The van der Waals surface area contributed by atoms with E-state index in [1.807, 2.05) is 0 Å². The Labute approximate surface area is 114 Å². The van der Waals surface area contributed by atoms with Crippen molar-refractivity contribution in [2.45, 2.75) is 0 Å². The summed E-state index contributed by atoms with van der Waals surface area (Å²) in [5.41, 5.74) is 0.994. The van der Waals surface area contributed by atoms with Crippen molar-refractivity contribution in [3.05, 3.63) is 65.7 Å². The molecule has 4 heteroatoms. The molecule has 20 heavy (non-hydrogen) atoms. The van der Waals surface area contributed by atoms with Crippen LogP contribution in [-0.2, 0) is 0 Å². The van der Waals surface area contributed by atoms with Crippen LogP contribution < -0.4 is 4.74 Å². The number of halogens is 1. The van der Waals surface area contributed by atoms with Crippen LogP contribution in [0.1, 0.15) is 16.1 Å². The van der Waals surface area contributed by atoms with Crippen LogP contribution in [0.15, 0.2) is 52.9 Å². The van der Waals surface area contributed by atoms with E-state index in [2.05, 4.69) is 0 Å². The Kier molecular flexibility index (Phi) is 2.99. The van der Waals surface area contributed by atoms with E-state index < -0.39 is 0 Å². The predicted octanol–water partition coefficient (Wildman–Crippen LogP) is 3.81. The van der Waals surface area contributed by atoms with Gasteiger partial charge < -0.3 is 9.15 Å². The first-order chi connectivity index (χ1) is 9.67. The number of fused-ring (bicyclic) bond motifs is 1. The molecule has 0 amide bonds. The monoisotopic (exact) mass is 270 g/mol. The third-order valence-electron chi connectivity index (χ3n) is 3.05. The average molecular weight is 270 g/mol. The summed E-state index contributed by atoms with van der Waals surface area (Å²) >= 11 is 0. The minimum Gasteiger partial charge on any atom is -0.497 e. The van der Waals surface area contributed by atoms with Crippen molar-refractivity contribution in [3.8, 4) is 5.75 Å². The highest BCUT2D eigenvalue weighted by Crippen LogP contribution is 2.25. The normalized spacial score (nSPS) is 10.7. The highest BCUT2D eigenvalue weighted by atomic mass is 19.1. The minimum absolute atomic E-state index is 0.222. The second-order valence-electron chi connectivity index (χ2n) is 4.35. The van der Waals surface area contributed by atoms with Gasteiger partial charge in [0.05, 0.1) is 7.11 Å². The van der Waals surface area contributed by atoms with E-state index in [1.54, 1.807) is 31.4 Å². The lowest BCUT2D eigenvalue weighted by molar-refractivity contribution is 0.101. The number of carbonyl (C=O) groups is 1. The summed E-state index contributed by atoms with van der Waals surface area (Å²) in [6.07, 6.45) is 0. The summed E-state index contributed by atoms with van der Waals surface area (Å²) in [7, 11) is 1.58. The molecule has 3 nitrogen and oxygen atoms in total. The van der Waals surface area contributed by atoms with Gasteiger partial charge in [0, 0.05) is 10.9 Å². The highest BCUT2D eigenvalue weighted by Gasteiger charge is 2.15. The highest BCUT2D eigenvalue weighted by molar-refractivity contribution is 6.09. The molecular formula is C16H11FO3. The zero-order valence-corrected chi connectivity index (χ0v) is 10.7. The number of methoxy groups -OCH3 is 1. The lowest BCUT2D eigenvalue weighted by atomic mass is 10.1. The Balaban J connectivity index is 2.01. The maximum absolute atomic E-state index is 12.9. The van der Waals surface area contributed by atoms with Crippen LogP contribution in [0, 0.1) is 5.82 Å². The number of furan rings is 1. The van der Waals surface area contributed by atoms with E-state index in [9.17, 15) is 9.18 Å². The van der Waals surface area contributed by atoms with E-state index in [0.29, 0.717) is 16.9 Å². The molecule has 0 aliphatic heterocycles. The third kappa shape index (κ3) is 2.16.